The number of para-hydroxylation sites is 3. The van der Waals surface area contributed by atoms with E-state index in [1.165, 1.54) is 30.0 Å². The number of nitrogens with zero attached hydrogens (tertiary/aromatic N) is 3. The molecule has 0 saturated carbocycles. The van der Waals surface area contributed by atoms with Crippen LogP contribution in [0.4, 0.5) is 5.69 Å². The molecule has 0 aliphatic rings. The van der Waals surface area contributed by atoms with E-state index in [4.69, 9.17) is 4.74 Å². The van der Waals surface area contributed by atoms with E-state index in [0.29, 0.717) is 10.7 Å². The van der Waals surface area contributed by atoms with E-state index < -0.39 is 10.5 Å². The summed E-state index contributed by atoms with van der Waals surface area (Å²) in [7, 11) is 0. The van der Waals surface area contributed by atoms with Gasteiger partial charge in [-0.2, -0.15) is 5.26 Å². The van der Waals surface area contributed by atoms with Gasteiger partial charge in [0.1, 0.15) is 23.1 Å². The van der Waals surface area contributed by atoms with E-state index >= 15 is 0 Å². The number of nitrogens with one attached hydrogen (secondary N) is 1. The second-order valence-corrected chi connectivity index (χ2v) is 6.03. The number of ether oxygens (including phenoxy) is 1. The molecule has 9 heteroatoms. The average Bonchev–Trinajstić information content (AvgIpc) is 2.68. The molecule has 0 amide bonds. The Hall–Kier alpha value is -3.64. The van der Waals surface area contributed by atoms with Crippen molar-refractivity contribution >= 4 is 17.4 Å². The van der Waals surface area contributed by atoms with Crippen molar-refractivity contribution in [2.45, 2.75) is 5.16 Å². The van der Waals surface area contributed by atoms with Gasteiger partial charge in [-0.1, -0.05) is 36.0 Å². The monoisotopic (exact) mass is 380 g/mol. The minimum atomic E-state index is -0.563. The first-order valence-electron chi connectivity index (χ1n) is 7.64. The number of nitro groups is 1. The SMILES string of the molecule is CSc1nc(-c2ccccc2Oc2ccccc2[N+](=O)[O-])c(C#N)c(=O)[nH]1. The van der Waals surface area contributed by atoms with E-state index in [2.05, 4.69) is 9.97 Å². The lowest BCUT2D eigenvalue weighted by atomic mass is 10.1. The Morgan fingerprint density at radius 1 is 1.19 bits per heavy atom. The number of nitro benzene ring substituents is 1. The first-order chi connectivity index (χ1) is 13.0. The van der Waals surface area contributed by atoms with Gasteiger partial charge in [-0.25, -0.2) is 4.98 Å². The average molecular weight is 380 g/mol. The maximum atomic E-state index is 12.2. The maximum Gasteiger partial charge on any atom is 0.311 e. The molecule has 0 saturated heterocycles. The fraction of sp³-hybridized carbons (Fsp3) is 0.0556. The van der Waals surface area contributed by atoms with Gasteiger partial charge >= 0.3 is 5.69 Å². The van der Waals surface area contributed by atoms with Gasteiger partial charge in [0, 0.05) is 11.6 Å². The van der Waals surface area contributed by atoms with Crippen LogP contribution in [0.25, 0.3) is 11.3 Å². The van der Waals surface area contributed by atoms with Crippen LogP contribution in [0.1, 0.15) is 5.56 Å². The molecule has 8 nitrogen and oxygen atoms in total. The highest BCUT2D eigenvalue weighted by atomic mass is 32.2. The highest BCUT2D eigenvalue weighted by Crippen LogP contribution is 2.37. The molecule has 27 heavy (non-hydrogen) atoms. The molecule has 0 fully saturated rings. The summed E-state index contributed by atoms with van der Waals surface area (Å²) in [5, 5.41) is 20.9. The number of thioether (sulfide) groups is 1. The lowest BCUT2D eigenvalue weighted by molar-refractivity contribution is -0.385. The quantitative estimate of drug-likeness (QED) is 0.310. The first-order valence-corrected chi connectivity index (χ1v) is 8.86. The smallest absolute Gasteiger partial charge is 0.311 e. The number of aromatic nitrogens is 2. The van der Waals surface area contributed by atoms with Gasteiger partial charge in [0.05, 0.1) is 4.92 Å². The van der Waals surface area contributed by atoms with Crippen LogP contribution in [0, 0.1) is 21.4 Å². The topological polar surface area (TPSA) is 122 Å². The summed E-state index contributed by atoms with van der Waals surface area (Å²) in [5.74, 6) is 0.289. The molecular formula is C18H12N4O4S. The van der Waals surface area contributed by atoms with Crippen molar-refractivity contribution in [1.29, 1.82) is 5.26 Å². The van der Waals surface area contributed by atoms with E-state index in [1.54, 1.807) is 36.6 Å². The van der Waals surface area contributed by atoms with Gasteiger partial charge in [-0.15, -0.1) is 0 Å². The largest absolute Gasteiger partial charge is 0.449 e. The summed E-state index contributed by atoms with van der Waals surface area (Å²) < 4.78 is 5.76. The molecule has 0 unspecified atom stereocenters. The Balaban J connectivity index is 2.17. The van der Waals surface area contributed by atoms with Gasteiger partial charge in [-0.05, 0) is 24.5 Å². The minimum Gasteiger partial charge on any atom is -0.449 e. The van der Waals surface area contributed by atoms with Gasteiger partial charge in [0.25, 0.3) is 5.56 Å². The number of hydrogen-bond donors (Lipinski definition) is 1. The van der Waals surface area contributed by atoms with E-state index in [9.17, 15) is 20.2 Å². The van der Waals surface area contributed by atoms with E-state index in [-0.39, 0.29) is 28.4 Å². The number of hydrogen-bond acceptors (Lipinski definition) is 7. The van der Waals surface area contributed by atoms with Crippen LogP contribution in [-0.4, -0.2) is 21.1 Å². The fourth-order valence-corrected chi connectivity index (χ4v) is 2.79. The van der Waals surface area contributed by atoms with Gasteiger partial charge in [0.2, 0.25) is 5.75 Å². The zero-order valence-electron chi connectivity index (χ0n) is 14.0. The second kappa shape index (κ2) is 7.72. The number of nitriles is 1. The molecule has 2 aromatic carbocycles. The van der Waals surface area contributed by atoms with Crippen LogP contribution in [0.5, 0.6) is 11.5 Å². The van der Waals surface area contributed by atoms with Crippen molar-refractivity contribution in [3.63, 3.8) is 0 Å². The predicted molar refractivity (Wildman–Crippen MR) is 100.0 cm³/mol. The number of rotatable bonds is 5. The molecule has 1 aromatic heterocycles. The Labute approximate surface area is 157 Å². The Bertz CT molecular complexity index is 1120. The molecule has 0 atom stereocenters. The Morgan fingerprint density at radius 2 is 1.85 bits per heavy atom. The van der Waals surface area contributed by atoms with E-state index in [1.807, 2.05) is 6.07 Å². The van der Waals surface area contributed by atoms with Crippen LogP contribution in [0.2, 0.25) is 0 Å². The van der Waals surface area contributed by atoms with Crippen molar-refractivity contribution in [3.8, 4) is 28.8 Å². The Kier molecular flexibility index (Phi) is 5.19. The number of H-pyrrole nitrogens is 1. The zero-order valence-corrected chi connectivity index (χ0v) is 14.8. The summed E-state index contributed by atoms with van der Waals surface area (Å²) in [6.45, 7) is 0. The van der Waals surface area contributed by atoms with Gasteiger partial charge in [-0.3, -0.25) is 14.9 Å². The molecule has 0 spiro atoms. The molecule has 0 aliphatic carbocycles. The first kappa shape index (κ1) is 18.2. The van der Waals surface area contributed by atoms with Crippen molar-refractivity contribution in [3.05, 3.63) is 74.6 Å². The molecule has 3 aromatic rings. The zero-order chi connectivity index (χ0) is 19.4. The summed E-state index contributed by atoms with van der Waals surface area (Å²) in [6.07, 6.45) is 1.74. The molecule has 0 bridgehead atoms. The van der Waals surface area contributed by atoms with Crippen molar-refractivity contribution in [1.82, 2.24) is 9.97 Å². The number of benzene rings is 2. The molecular weight excluding hydrogens is 368 g/mol. The third-order valence-corrected chi connectivity index (χ3v) is 4.21. The molecule has 3 rings (SSSR count). The molecule has 134 valence electrons. The van der Waals surface area contributed by atoms with Crippen molar-refractivity contribution in [2.75, 3.05) is 6.26 Å². The van der Waals surface area contributed by atoms with Crippen LogP contribution < -0.4 is 10.3 Å². The molecule has 0 aliphatic heterocycles. The maximum absolute atomic E-state index is 12.2. The lowest BCUT2D eigenvalue weighted by Gasteiger charge is -2.12. The number of aromatic amines is 1. The Morgan fingerprint density at radius 3 is 2.52 bits per heavy atom. The fourth-order valence-electron chi connectivity index (χ4n) is 2.41. The standard InChI is InChI=1S/C18H12N4O4S/c1-27-18-20-16(12(10-19)17(23)21-18)11-6-2-4-8-14(11)26-15-9-5-3-7-13(15)22(24)25/h2-9H,1H3,(H,20,21,23). The highest BCUT2D eigenvalue weighted by molar-refractivity contribution is 7.98. The lowest BCUT2D eigenvalue weighted by Crippen LogP contribution is -2.14. The second-order valence-electron chi connectivity index (χ2n) is 5.23. The molecule has 0 radical (unpaired) electrons. The summed E-state index contributed by atoms with van der Waals surface area (Å²) in [5.41, 5.74) is -0.386. The minimum absolute atomic E-state index is 0.0448. The van der Waals surface area contributed by atoms with Gasteiger partial charge < -0.3 is 9.72 Å². The van der Waals surface area contributed by atoms with Crippen LogP contribution in [0.3, 0.4) is 0 Å². The predicted octanol–water partition coefficient (Wildman–Crippen LogP) is 3.73. The van der Waals surface area contributed by atoms with Crippen molar-refractivity contribution < 1.29 is 9.66 Å². The molecule has 1 N–H and O–H groups in total. The van der Waals surface area contributed by atoms with E-state index in [0.717, 1.165) is 0 Å². The highest BCUT2D eigenvalue weighted by Gasteiger charge is 2.20. The summed E-state index contributed by atoms with van der Waals surface area (Å²) in [4.78, 5) is 29.7. The van der Waals surface area contributed by atoms with Crippen LogP contribution in [-0.2, 0) is 0 Å². The van der Waals surface area contributed by atoms with Crippen LogP contribution in [0.15, 0.2) is 58.5 Å². The summed E-state index contributed by atoms with van der Waals surface area (Å²) in [6, 6.07) is 14.4. The molecule has 1 heterocycles. The normalized spacial score (nSPS) is 10.2. The van der Waals surface area contributed by atoms with Crippen molar-refractivity contribution in [2.24, 2.45) is 0 Å². The van der Waals surface area contributed by atoms with Gasteiger partial charge in [0.15, 0.2) is 5.16 Å². The third kappa shape index (κ3) is 3.65. The third-order valence-electron chi connectivity index (χ3n) is 3.63. The summed E-state index contributed by atoms with van der Waals surface area (Å²) >= 11 is 1.22. The van der Waals surface area contributed by atoms with Crippen LogP contribution >= 0.6 is 11.8 Å².